The van der Waals surface area contributed by atoms with Crippen LogP contribution in [0.3, 0.4) is 0 Å². The van der Waals surface area contributed by atoms with Gasteiger partial charge in [0.15, 0.2) is 0 Å². The molecule has 3 nitrogen and oxygen atoms in total. The molecule has 2 rings (SSSR count). The zero-order valence-corrected chi connectivity index (χ0v) is 9.80. The van der Waals surface area contributed by atoms with Crippen LogP contribution in [0.15, 0.2) is 16.6 Å². The first-order valence-electron chi connectivity index (χ1n) is 4.54. The van der Waals surface area contributed by atoms with Gasteiger partial charge in [-0.2, -0.15) is 5.10 Å². The lowest BCUT2D eigenvalue weighted by atomic mass is 10.1. The SMILES string of the molecule is CCc1nn(C)c2cc(N)c(Br)cc12. The van der Waals surface area contributed by atoms with Crippen molar-refractivity contribution in [3.05, 3.63) is 22.3 Å². The molecule has 0 atom stereocenters. The van der Waals surface area contributed by atoms with E-state index in [1.807, 2.05) is 23.9 Å². The van der Waals surface area contributed by atoms with Crippen molar-refractivity contribution in [1.29, 1.82) is 0 Å². The van der Waals surface area contributed by atoms with Gasteiger partial charge in [0.05, 0.1) is 11.2 Å². The van der Waals surface area contributed by atoms with Crippen molar-refractivity contribution in [2.75, 3.05) is 5.73 Å². The molecule has 0 aliphatic carbocycles. The van der Waals surface area contributed by atoms with Crippen LogP contribution in [0.5, 0.6) is 0 Å². The molecule has 2 aromatic rings. The number of rotatable bonds is 1. The minimum absolute atomic E-state index is 0.753. The van der Waals surface area contributed by atoms with Crippen molar-refractivity contribution in [2.24, 2.45) is 7.05 Å². The summed E-state index contributed by atoms with van der Waals surface area (Å²) in [7, 11) is 1.94. The van der Waals surface area contributed by atoms with Crippen LogP contribution in [0.25, 0.3) is 10.9 Å². The van der Waals surface area contributed by atoms with E-state index in [-0.39, 0.29) is 0 Å². The maximum absolute atomic E-state index is 5.82. The summed E-state index contributed by atoms with van der Waals surface area (Å²) in [5.74, 6) is 0. The van der Waals surface area contributed by atoms with E-state index < -0.39 is 0 Å². The van der Waals surface area contributed by atoms with E-state index in [2.05, 4.69) is 28.0 Å². The summed E-state index contributed by atoms with van der Waals surface area (Å²) in [6.07, 6.45) is 0.938. The first-order valence-corrected chi connectivity index (χ1v) is 5.33. The van der Waals surface area contributed by atoms with Crippen LogP contribution in [0.4, 0.5) is 5.69 Å². The number of halogens is 1. The van der Waals surface area contributed by atoms with E-state index in [9.17, 15) is 0 Å². The molecule has 1 aromatic carbocycles. The third-order valence-electron chi connectivity index (χ3n) is 2.38. The molecule has 4 heteroatoms. The molecule has 0 bridgehead atoms. The second-order valence-corrected chi connectivity index (χ2v) is 4.17. The number of aromatic nitrogens is 2. The Labute approximate surface area is 91.0 Å². The fourth-order valence-electron chi connectivity index (χ4n) is 1.63. The van der Waals surface area contributed by atoms with E-state index in [0.717, 1.165) is 27.8 Å². The molecule has 2 N–H and O–H groups in total. The van der Waals surface area contributed by atoms with E-state index in [0.29, 0.717) is 0 Å². The Morgan fingerprint density at radius 3 is 2.86 bits per heavy atom. The highest BCUT2D eigenvalue weighted by Crippen LogP contribution is 2.28. The molecular weight excluding hydrogens is 242 g/mol. The summed E-state index contributed by atoms with van der Waals surface area (Å²) >= 11 is 3.43. The van der Waals surface area contributed by atoms with Gasteiger partial charge >= 0.3 is 0 Å². The highest BCUT2D eigenvalue weighted by Gasteiger charge is 2.08. The van der Waals surface area contributed by atoms with E-state index in [1.54, 1.807) is 0 Å². The van der Waals surface area contributed by atoms with Crippen molar-refractivity contribution >= 4 is 32.5 Å². The van der Waals surface area contributed by atoms with Gasteiger partial charge < -0.3 is 5.73 Å². The molecule has 0 spiro atoms. The maximum Gasteiger partial charge on any atom is 0.0703 e. The standard InChI is InChI=1S/C10H12BrN3/c1-3-9-6-4-7(11)8(12)5-10(6)14(2)13-9/h4-5H,3,12H2,1-2H3. The van der Waals surface area contributed by atoms with E-state index >= 15 is 0 Å². The first-order chi connectivity index (χ1) is 6.63. The van der Waals surface area contributed by atoms with E-state index in [1.165, 1.54) is 5.39 Å². The van der Waals surface area contributed by atoms with Gasteiger partial charge in [0.25, 0.3) is 0 Å². The monoisotopic (exact) mass is 253 g/mol. The van der Waals surface area contributed by atoms with Crippen molar-refractivity contribution in [2.45, 2.75) is 13.3 Å². The second kappa shape index (κ2) is 3.28. The van der Waals surface area contributed by atoms with Crippen LogP contribution >= 0.6 is 15.9 Å². The number of nitrogen functional groups attached to an aromatic ring is 1. The minimum Gasteiger partial charge on any atom is -0.398 e. The highest BCUT2D eigenvalue weighted by atomic mass is 79.9. The van der Waals surface area contributed by atoms with Gasteiger partial charge in [-0.3, -0.25) is 4.68 Å². The number of fused-ring (bicyclic) bond motifs is 1. The van der Waals surface area contributed by atoms with Gasteiger partial charge in [0, 0.05) is 22.6 Å². The predicted octanol–water partition coefficient (Wildman–Crippen LogP) is 2.48. The normalized spacial score (nSPS) is 11.1. The zero-order valence-electron chi connectivity index (χ0n) is 8.21. The fraction of sp³-hybridized carbons (Fsp3) is 0.300. The molecule has 14 heavy (non-hydrogen) atoms. The topological polar surface area (TPSA) is 43.8 Å². The summed E-state index contributed by atoms with van der Waals surface area (Å²) in [5, 5.41) is 5.61. The van der Waals surface area contributed by atoms with Crippen molar-refractivity contribution < 1.29 is 0 Å². The third-order valence-corrected chi connectivity index (χ3v) is 3.07. The Balaban J connectivity index is 2.84. The van der Waals surface area contributed by atoms with Crippen LogP contribution in [0.2, 0.25) is 0 Å². The maximum atomic E-state index is 5.82. The molecule has 0 aliphatic heterocycles. The summed E-state index contributed by atoms with van der Waals surface area (Å²) < 4.78 is 2.81. The number of hydrogen-bond acceptors (Lipinski definition) is 2. The Morgan fingerprint density at radius 2 is 2.21 bits per heavy atom. The van der Waals surface area contributed by atoms with Crippen LogP contribution in [0, 0.1) is 0 Å². The number of anilines is 1. The lowest BCUT2D eigenvalue weighted by Gasteiger charge is -1.99. The van der Waals surface area contributed by atoms with Gasteiger partial charge in [-0.25, -0.2) is 0 Å². The number of benzene rings is 1. The number of nitrogens with two attached hydrogens (primary N) is 1. The fourth-order valence-corrected chi connectivity index (χ4v) is 1.97. The Bertz CT molecular complexity index is 488. The minimum atomic E-state index is 0.753. The van der Waals surface area contributed by atoms with Crippen LogP contribution in [-0.4, -0.2) is 9.78 Å². The molecule has 1 heterocycles. The molecule has 1 aromatic heterocycles. The summed E-state index contributed by atoms with van der Waals surface area (Å²) in [6.45, 7) is 2.10. The van der Waals surface area contributed by atoms with Crippen LogP contribution in [0.1, 0.15) is 12.6 Å². The van der Waals surface area contributed by atoms with Crippen molar-refractivity contribution in [3.63, 3.8) is 0 Å². The highest BCUT2D eigenvalue weighted by molar-refractivity contribution is 9.10. The smallest absolute Gasteiger partial charge is 0.0703 e. The van der Waals surface area contributed by atoms with E-state index in [4.69, 9.17) is 5.73 Å². The summed E-state index contributed by atoms with van der Waals surface area (Å²) in [6, 6.07) is 3.99. The predicted molar refractivity (Wildman–Crippen MR) is 62.2 cm³/mol. The first kappa shape index (κ1) is 9.52. The molecule has 0 fully saturated rings. The quantitative estimate of drug-likeness (QED) is 0.794. The molecule has 0 saturated heterocycles. The van der Waals surface area contributed by atoms with Gasteiger partial charge in [0.1, 0.15) is 0 Å². The average molecular weight is 254 g/mol. The zero-order chi connectivity index (χ0) is 10.3. The van der Waals surface area contributed by atoms with Gasteiger partial charge in [-0.15, -0.1) is 0 Å². The van der Waals surface area contributed by atoms with Gasteiger partial charge in [-0.1, -0.05) is 6.92 Å². The van der Waals surface area contributed by atoms with Crippen LogP contribution in [-0.2, 0) is 13.5 Å². The van der Waals surface area contributed by atoms with Crippen molar-refractivity contribution in [1.82, 2.24) is 9.78 Å². The molecule has 0 radical (unpaired) electrons. The summed E-state index contributed by atoms with van der Waals surface area (Å²) in [5.41, 5.74) is 8.77. The molecular formula is C10H12BrN3. The van der Waals surface area contributed by atoms with Gasteiger partial charge in [-0.05, 0) is 34.5 Å². The van der Waals surface area contributed by atoms with Gasteiger partial charge in [0.2, 0.25) is 0 Å². The average Bonchev–Trinajstić information content (AvgIpc) is 2.45. The molecule has 0 unspecified atom stereocenters. The van der Waals surface area contributed by atoms with Crippen molar-refractivity contribution in [3.8, 4) is 0 Å². The third kappa shape index (κ3) is 1.30. The molecule has 74 valence electrons. The Hall–Kier alpha value is -1.03. The largest absolute Gasteiger partial charge is 0.398 e. The Kier molecular flexibility index (Phi) is 2.23. The lowest BCUT2D eigenvalue weighted by Crippen LogP contribution is -1.91. The number of hydrogen-bond donors (Lipinski definition) is 1. The Morgan fingerprint density at radius 1 is 1.50 bits per heavy atom. The van der Waals surface area contributed by atoms with Crippen LogP contribution < -0.4 is 5.73 Å². The summed E-state index contributed by atoms with van der Waals surface area (Å²) in [4.78, 5) is 0. The number of aryl methyl sites for hydroxylation is 2. The molecule has 0 aliphatic rings. The molecule has 0 amide bonds. The molecule has 0 saturated carbocycles. The lowest BCUT2D eigenvalue weighted by molar-refractivity contribution is 0.770. The second-order valence-electron chi connectivity index (χ2n) is 3.31. The number of nitrogens with zero attached hydrogens (tertiary/aromatic N) is 2.